The number of aliphatic carboxylic acids is 2. The van der Waals surface area contributed by atoms with Crippen molar-refractivity contribution in [2.45, 2.75) is 42.0 Å². The van der Waals surface area contributed by atoms with Crippen molar-refractivity contribution in [3.63, 3.8) is 0 Å². The Kier molecular flexibility index (Phi) is 7.89. The Balaban J connectivity index is 0.000000374. The minimum atomic E-state index is -1.44. The summed E-state index contributed by atoms with van der Waals surface area (Å²) in [5, 5.41) is 20.8. The number of β-lactam (4-membered cyclic amide) rings is 1. The molecule has 4 atom stereocenters. The van der Waals surface area contributed by atoms with Gasteiger partial charge in [-0.25, -0.2) is 4.79 Å². The van der Waals surface area contributed by atoms with Crippen LogP contribution in [0.5, 0.6) is 0 Å². The van der Waals surface area contributed by atoms with Crippen LogP contribution in [-0.4, -0.2) is 89.0 Å². The predicted octanol–water partition coefficient (Wildman–Crippen LogP) is 0.967. The SMILES string of the molecule is CC1(C)S[C@@H]2[C@H](NC(=O)C(C(=O)O)c3ccccc3)C(=O)N2[C@H]1C(=O)O.[Na][c]1ccccc1. The van der Waals surface area contributed by atoms with Crippen LogP contribution in [0.2, 0.25) is 0 Å². The van der Waals surface area contributed by atoms with Crippen molar-refractivity contribution in [1.29, 1.82) is 0 Å². The van der Waals surface area contributed by atoms with Crippen molar-refractivity contribution in [2.75, 3.05) is 0 Å². The van der Waals surface area contributed by atoms with Crippen LogP contribution < -0.4 is 8.13 Å². The number of benzene rings is 2. The van der Waals surface area contributed by atoms with Crippen LogP contribution in [0.3, 0.4) is 0 Å². The molecular formula is C23H23N2NaO6S. The van der Waals surface area contributed by atoms with E-state index in [-0.39, 0.29) is 0 Å². The number of carbonyl (C=O) groups excluding carboxylic acids is 2. The molecule has 33 heavy (non-hydrogen) atoms. The van der Waals surface area contributed by atoms with Crippen LogP contribution in [0, 0.1) is 0 Å². The molecule has 2 aliphatic heterocycles. The molecule has 0 radical (unpaired) electrons. The average Bonchev–Trinajstić information content (AvgIpc) is 3.02. The Bertz CT molecular complexity index is 1050. The Labute approximate surface area is 213 Å². The number of carboxylic acid groups (broad SMARTS) is 2. The number of fused-ring (bicyclic) bond motifs is 1. The van der Waals surface area contributed by atoms with Gasteiger partial charge >= 0.3 is 73.0 Å². The maximum atomic E-state index is 12.5. The summed E-state index contributed by atoms with van der Waals surface area (Å²) in [6.07, 6.45) is 0. The number of hydrogen-bond acceptors (Lipinski definition) is 5. The van der Waals surface area contributed by atoms with E-state index in [9.17, 15) is 29.4 Å². The van der Waals surface area contributed by atoms with E-state index in [1.807, 2.05) is 6.07 Å². The zero-order chi connectivity index (χ0) is 24.3. The standard InChI is InChI=1S/C17H18N2O6S.C6H5.Na/c1-17(2)11(16(24)25)19-13(21)10(14(19)26-17)18-12(20)9(15(22)23)8-6-4-3-5-7-8;1-2-4-6-5-3-1;/h3-7,9-11,14H,1-2H3,(H,18,20)(H,22,23)(H,24,25);1-5H;/t9?,10-,11+,14-;;/m1../s1. The van der Waals surface area contributed by atoms with Gasteiger partial charge in [0, 0.05) is 4.75 Å². The van der Waals surface area contributed by atoms with E-state index in [0.29, 0.717) is 5.56 Å². The number of nitrogens with zero attached hydrogens (tertiary/aromatic N) is 1. The van der Waals surface area contributed by atoms with Crippen LogP contribution >= 0.6 is 11.8 Å². The van der Waals surface area contributed by atoms with Crippen LogP contribution in [0.1, 0.15) is 25.3 Å². The summed E-state index contributed by atoms with van der Waals surface area (Å²) in [6, 6.07) is 16.6. The van der Waals surface area contributed by atoms with Crippen molar-refractivity contribution in [1.82, 2.24) is 10.2 Å². The van der Waals surface area contributed by atoms with E-state index >= 15 is 0 Å². The van der Waals surface area contributed by atoms with E-state index in [4.69, 9.17) is 0 Å². The summed E-state index contributed by atoms with van der Waals surface area (Å²) < 4.78 is 0.750. The van der Waals surface area contributed by atoms with Crippen LogP contribution in [0.15, 0.2) is 60.7 Å². The summed E-state index contributed by atoms with van der Waals surface area (Å²) in [7, 11) is 0. The topological polar surface area (TPSA) is 124 Å². The van der Waals surface area contributed by atoms with Crippen molar-refractivity contribution < 1.29 is 29.4 Å². The molecule has 0 spiro atoms. The third kappa shape index (κ3) is 5.43. The van der Waals surface area contributed by atoms with Gasteiger partial charge in [-0.3, -0.25) is 14.4 Å². The molecule has 2 heterocycles. The van der Waals surface area contributed by atoms with Crippen molar-refractivity contribution in [3.05, 3.63) is 66.2 Å². The van der Waals surface area contributed by atoms with Crippen LogP contribution in [0.25, 0.3) is 0 Å². The average molecular weight is 479 g/mol. The van der Waals surface area contributed by atoms with E-state index in [2.05, 4.69) is 29.6 Å². The molecule has 1 unspecified atom stereocenters. The second-order valence-corrected chi connectivity index (χ2v) is 11.3. The number of carboxylic acids is 2. The molecular weight excluding hydrogens is 455 g/mol. The molecule has 0 aliphatic carbocycles. The van der Waals surface area contributed by atoms with Crippen LogP contribution in [-0.2, 0) is 19.2 Å². The molecule has 2 aromatic carbocycles. The zero-order valence-electron chi connectivity index (χ0n) is 18.5. The molecule has 10 heteroatoms. The monoisotopic (exact) mass is 478 g/mol. The van der Waals surface area contributed by atoms with E-state index in [1.54, 1.807) is 32.0 Å². The molecule has 0 bridgehead atoms. The van der Waals surface area contributed by atoms with Gasteiger partial charge in [-0.2, -0.15) is 0 Å². The van der Waals surface area contributed by atoms with Gasteiger partial charge in [0.1, 0.15) is 17.5 Å². The molecule has 0 aromatic heterocycles. The molecule has 2 amide bonds. The van der Waals surface area contributed by atoms with Gasteiger partial charge in [-0.15, -0.1) is 11.8 Å². The number of amides is 2. The Morgan fingerprint density at radius 2 is 1.58 bits per heavy atom. The third-order valence-electron chi connectivity index (χ3n) is 5.56. The molecule has 2 aliphatic rings. The van der Waals surface area contributed by atoms with Crippen LogP contribution in [0.4, 0.5) is 0 Å². The van der Waals surface area contributed by atoms with Gasteiger partial charge in [0.15, 0.2) is 5.92 Å². The first-order valence-corrected chi connectivity index (χ1v) is 12.2. The fourth-order valence-electron chi connectivity index (χ4n) is 3.97. The zero-order valence-corrected chi connectivity index (χ0v) is 21.3. The maximum absolute atomic E-state index is 12.5. The van der Waals surface area contributed by atoms with Gasteiger partial charge in [0.2, 0.25) is 11.8 Å². The Hall–Kier alpha value is -2.33. The molecule has 2 aromatic rings. The fourth-order valence-corrected chi connectivity index (χ4v) is 5.98. The number of nitrogens with one attached hydrogen (secondary N) is 1. The molecule has 0 saturated carbocycles. The summed E-state index contributed by atoms with van der Waals surface area (Å²) in [5.41, 5.74) is 0.309. The summed E-state index contributed by atoms with van der Waals surface area (Å²) in [4.78, 5) is 49.2. The van der Waals surface area contributed by atoms with Crippen molar-refractivity contribution >= 4 is 66.3 Å². The van der Waals surface area contributed by atoms with Gasteiger partial charge in [0.05, 0.1) is 0 Å². The van der Waals surface area contributed by atoms with Gasteiger partial charge in [-0.05, 0) is 19.4 Å². The van der Waals surface area contributed by atoms with E-state index < -0.39 is 51.9 Å². The normalized spacial score (nSPS) is 23.3. The first-order valence-electron chi connectivity index (χ1n) is 10.4. The minimum absolute atomic E-state index is 0.309. The summed E-state index contributed by atoms with van der Waals surface area (Å²) in [6.45, 7) is 3.45. The Morgan fingerprint density at radius 1 is 1.03 bits per heavy atom. The van der Waals surface area contributed by atoms with Crippen molar-refractivity contribution in [2.24, 2.45) is 0 Å². The van der Waals surface area contributed by atoms with Gasteiger partial charge in [-0.1, -0.05) is 30.3 Å². The van der Waals surface area contributed by atoms with E-state index in [0.717, 1.165) is 0 Å². The fraction of sp³-hybridized carbons (Fsp3) is 0.304. The molecule has 4 rings (SSSR count). The molecule has 2 saturated heterocycles. The summed E-state index contributed by atoms with van der Waals surface area (Å²) in [5.74, 6) is -5.16. The Morgan fingerprint density at radius 3 is 2.03 bits per heavy atom. The quantitative estimate of drug-likeness (QED) is 0.332. The number of rotatable bonds is 5. The first-order chi connectivity index (χ1) is 15.5. The number of hydrogen-bond donors (Lipinski definition) is 3. The summed E-state index contributed by atoms with van der Waals surface area (Å²) >= 11 is 2.46. The second kappa shape index (κ2) is 10.3. The number of thioether (sulfide) groups is 1. The van der Waals surface area contributed by atoms with Gasteiger partial charge in [0.25, 0.3) is 0 Å². The molecule has 8 nitrogen and oxygen atoms in total. The molecule has 3 N–H and O–H groups in total. The molecule has 168 valence electrons. The van der Waals surface area contributed by atoms with Crippen molar-refractivity contribution in [3.8, 4) is 0 Å². The number of carbonyl (C=O) groups is 4. The predicted molar refractivity (Wildman–Crippen MR) is 124 cm³/mol. The third-order valence-corrected chi connectivity index (χ3v) is 7.79. The second-order valence-electron chi connectivity index (χ2n) is 8.42. The van der Waals surface area contributed by atoms with Gasteiger partial charge < -0.3 is 20.4 Å². The van der Waals surface area contributed by atoms with E-state index in [1.165, 1.54) is 59.5 Å². The molecule has 2 fully saturated rings. The first kappa shape index (κ1) is 25.3.